The highest BCUT2D eigenvalue weighted by molar-refractivity contribution is 7.90. The molecule has 1 aromatic heterocycles. The normalized spacial score (nSPS) is 11.8. The summed E-state index contributed by atoms with van der Waals surface area (Å²) in [6.45, 7) is 0. The van der Waals surface area contributed by atoms with E-state index in [1.54, 1.807) is 0 Å². The van der Waals surface area contributed by atoms with Gasteiger partial charge in [-0.25, -0.2) is 0 Å². The van der Waals surface area contributed by atoms with Gasteiger partial charge < -0.3 is 0 Å². The molecule has 0 saturated carbocycles. The summed E-state index contributed by atoms with van der Waals surface area (Å²) in [5, 5.41) is 0. The number of halogens is 2. The Kier molecular flexibility index (Phi) is 3.20. The van der Waals surface area contributed by atoms with Gasteiger partial charge in [0.1, 0.15) is 5.69 Å². The molecule has 0 aliphatic heterocycles. The van der Waals surface area contributed by atoms with Crippen LogP contribution in [0, 0.1) is 11.9 Å². The maximum absolute atomic E-state index is 12.9. The van der Waals surface area contributed by atoms with Crippen LogP contribution in [0.5, 0.6) is 0 Å². The van der Waals surface area contributed by atoms with Crippen molar-refractivity contribution in [3.63, 3.8) is 0 Å². The number of hydrogen-bond donors (Lipinski definition) is 1. The molecule has 5 nitrogen and oxygen atoms in total. The van der Waals surface area contributed by atoms with Crippen LogP contribution in [0.1, 0.15) is 0 Å². The van der Waals surface area contributed by atoms with Crippen molar-refractivity contribution in [2.45, 2.75) is 0 Å². The largest absolute Gasteiger partial charge is 0.301 e. The summed E-state index contributed by atoms with van der Waals surface area (Å²) < 4.78 is 50.6. The predicted molar refractivity (Wildman–Crippen MR) is 50.4 cm³/mol. The molecule has 0 unspecified atom stereocenters. The maximum atomic E-state index is 12.9. The minimum absolute atomic E-state index is 0.398. The van der Waals surface area contributed by atoms with Crippen molar-refractivity contribution < 1.29 is 17.2 Å². The molecule has 0 atom stereocenters. The highest BCUT2D eigenvalue weighted by Crippen LogP contribution is 2.13. The second-order valence-corrected chi connectivity index (χ2v) is 4.75. The van der Waals surface area contributed by atoms with Crippen LogP contribution in [-0.2, 0) is 10.2 Å². The molecule has 0 aliphatic rings. The summed E-state index contributed by atoms with van der Waals surface area (Å²) in [4.78, 5) is 2.84. The van der Waals surface area contributed by atoms with Crippen LogP contribution in [0.2, 0.25) is 0 Å². The first-order chi connectivity index (χ1) is 6.83. The lowest BCUT2D eigenvalue weighted by Crippen LogP contribution is -2.29. The van der Waals surface area contributed by atoms with Crippen LogP contribution >= 0.6 is 0 Å². The van der Waals surface area contributed by atoms with Gasteiger partial charge in [0.25, 0.3) is 0 Å². The molecule has 0 spiro atoms. The van der Waals surface area contributed by atoms with E-state index in [4.69, 9.17) is 0 Å². The number of pyridine rings is 1. The number of aromatic nitrogens is 1. The van der Waals surface area contributed by atoms with E-state index in [2.05, 4.69) is 4.98 Å². The van der Waals surface area contributed by atoms with Gasteiger partial charge >= 0.3 is 10.2 Å². The van der Waals surface area contributed by atoms with Gasteiger partial charge in [0, 0.05) is 14.1 Å². The number of hydrogen-bond acceptors (Lipinski definition) is 3. The van der Waals surface area contributed by atoms with E-state index in [1.165, 1.54) is 14.1 Å². The maximum Gasteiger partial charge on any atom is 0.301 e. The molecule has 0 fully saturated rings. The Morgan fingerprint density at radius 3 is 2.40 bits per heavy atom. The first kappa shape index (κ1) is 11.8. The summed E-state index contributed by atoms with van der Waals surface area (Å²) in [6.07, 6.45) is 0. The Balaban J connectivity index is 3.01. The van der Waals surface area contributed by atoms with E-state index in [1.807, 2.05) is 4.72 Å². The fraction of sp³-hybridized carbons (Fsp3) is 0.286. The van der Waals surface area contributed by atoms with Crippen LogP contribution in [0.25, 0.3) is 0 Å². The van der Waals surface area contributed by atoms with Gasteiger partial charge in [-0.15, -0.1) is 0 Å². The van der Waals surface area contributed by atoms with Gasteiger partial charge in [-0.3, -0.25) is 4.72 Å². The molecule has 1 aromatic rings. The van der Waals surface area contributed by atoms with Crippen molar-refractivity contribution >= 4 is 15.9 Å². The lowest BCUT2D eigenvalue weighted by molar-refractivity contribution is 0.511. The first-order valence-electron chi connectivity index (χ1n) is 3.85. The number of rotatable bonds is 3. The molecule has 0 aliphatic carbocycles. The van der Waals surface area contributed by atoms with Crippen molar-refractivity contribution in [2.75, 3.05) is 18.8 Å². The molecule has 0 aromatic carbocycles. The fourth-order valence-electron chi connectivity index (χ4n) is 0.719. The van der Waals surface area contributed by atoms with Crippen LogP contribution in [-0.4, -0.2) is 31.8 Å². The minimum Gasteiger partial charge on any atom is -0.266 e. The second-order valence-electron chi connectivity index (χ2n) is 2.86. The molecule has 1 heterocycles. The third kappa shape index (κ3) is 2.83. The second kappa shape index (κ2) is 4.07. The van der Waals surface area contributed by atoms with Crippen LogP contribution in [0.4, 0.5) is 14.5 Å². The Bertz CT molecular complexity index is 461. The SMILES string of the molecule is CN(C)S(=O)(=O)Nc1ccc(F)nc1F. The van der Waals surface area contributed by atoms with E-state index in [9.17, 15) is 17.2 Å². The molecule has 0 bridgehead atoms. The molecule has 1 N–H and O–H groups in total. The number of nitrogens with one attached hydrogen (secondary N) is 1. The smallest absolute Gasteiger partial charge is 0.266 e. The van der Waals surface area contributed by atoms with Crippen LogP contribution in [0.3, 0.4) is 0 Å². The van der Waals surface area contributed by atoms with Crippen molar-refractivity contribution in [1.29, 1.82) is 0 Å². The summed E-state index contributed by atoms with van der Waals surface area (Å²) in [6, 6.07) is 1.81. The average molecular weight is 237 g/mol. The Labute approximate surface area is 85.9 Å². The zero-order valence-corrected chi connectivity index (χ0v) is 8.85. The number of nitrogens with zero attached hydrogens (tertiary/aromatic N) is 2. The van der Waals surface area contributed by atoms with Crippen LogP contribution in [0.15, 0.2) is 12.1 Å². The van der Waals surface area contributed by atoms with E-state index < -0.39 is 27.8 Å². The molecule has 0 saturated heterocycles. The predicted octanol–water partition coefficient (Wildman–Crippen LogP) is 0.578. The van der Waals surface area contributed by atoms with Crippen molar-refractivity contribution in [1.82, 2.24) is 9.29 Å². The molecule has 8 heteroatoms. The first-order valence-corrected chi connectivity index (χ1v) is 5.29. The average Bonchev–Trinajstić information content (AvgIpc) is 2.09. The van der Waals surface area contributed by atoms with Gasteiger partial charge in [-0.1, -0.05) is 0 Å². The Morgan fingerprint density at radius 1 is 1.33 bits per heavy atom. The van der Waals surface area contributed by atoms with Crippen molar-refractivity contribution in [3.8, 4) is 0 Å². The Hall–Kier alpha value is -1.28. The van der Waals surface area contributed by atoms with E-state index in [-0.39, 0.29) is 0 Å². The monoisotopic (exact) mass is 237 g/mol. The summed E-state index contributed by atoms with van der Waals surface area (Å²) in [5.74, 6) is -2.22. The van der Waals surface area contributed by atoms with E-state index >= 15 is 0 Å². The van der Waals surface area contributed by atoms with Crippen molar-refractivity contribution in [3.05, 3.63) is 24.0 Å². The summed E-state index contributed by atoms with van der Waals surface area (Å²) in [7, 11) is -1.26. The van der Waals surface area contributed by atoms with Gasteiger partial charge in [0.05, 0.1) is 0 Å². The third-order valence-corrected chi connectivity index (χ3v) is 2.97. The van der Waals surface area contributed by atoms with Gasteiger partial charge in [0.2, 0.25) is 11.9 Å². The zero-order valence-electron chi connectivity index (χ0n) is 8.03. The molecule has 15 heavy (non-hydrogen) atoms. The molecule has 0 radical (unpaired) electrons. The zero-order chi connectivity index (χ0) is 11.6. The Morgan fingerprint density at radius 2 is 1.93 bits per heavy atom. The molecule has 1 rings (SSSR count). The molecular formula is C7H9F2N3O2S. The fourth-order valence-corrected chi connectivity index (χ4v) is 1.33. The van der Waals surface area contributed by atoms with E-state index in [0.29, 0.717) is 0 Å². The minimum atomic E-state index is -3.81. The van der Waals surface area contributed by atoms with Crippen LogP contribution < -0.4 is 4.72 Å². The molecule has 84 valence electrons. The van der Waals surface area contributed by atoms with Crippen molar-refractivity contribution in [2.24, 2.45) is 0 Å². The standard InChI is InChI=1S/C7H9F2N3O2S/c1-12(2)15(13,14)11-5-3-4-6(8)10-7(5)9/h3-4,11H,1-2H3. The van der Waals surface area contributed by atoms with Gasteiger partial charge in [-0.05, 0) is 12.1 Å². The topological polar surface area (TPSA) is 62.3 Å². The summed E-state index contributed by atoms with van der Waals surface area (Å²) >= 11 is 0. The van der Waals surface area contributed by atoms with Gasteiger partial charge in [-0.2, -0.15) is 26.5 Å². The number of anilines is 1. The van der Waals surface area contributed by atoms with Gasteiger partial charge in [0.15, 0.2) is 0 Å². The highest BCUT2D eigenvalue weighted by Gasteiger charge is 2.16. The lowest BCUT2D eigenvalue weighted by Gasteiger charge is -2.13. The molecule has 0 amide bonds. The molecular weight excluding hydrogens is 228 g/mol. The quantitative estimate of drug-likeness (QED) is 0.782. The highest BCUT2D eigenvalue weighted by atomic mass is 32.2. The third-order valence-electron chi connectivity index (χ3n) is 1.53. The lowest BCUT2D eigenvalue weighted by atomic mass is 10.4. The van der Waals surface area contributed by atoms with E-state index in [0.717, 1.165) is 16.4 Å². The summed E-state index contributed by atoms with van der Waals surface area (Å²) in [5.41, 5.74) is -0.398.